The van der Waals surface area contributed by atoms with Crippen molar-refractivity contribution in [1.82, 2.24) is 5.32 Å². The molecule has 0 spiro atoms. The summed E-state index contributed by atoms with van der Waals surface area (Å²) in [5.74, 6) is 0. The second-order valence-electron chi connectivity index (χ2n) is 2.73. The third-order valence-electron chi connectivity index (χ3n) is 1.90. The molecule has 0 aromatic carbocycles. The molecule has 54 valence electrons. The summed E-state index contributed by atoms with van der Waals surface area (Å²) < 4.78 is 0.794. The molecule has 1 unspecified atom stereocenters. The van der Waals surface area contributed by atoms with Gasteiger partial charge < -0.3 is 5.32 Å². The SMILES string of the molecule is CC(I)[C@@H]1CCCCN1. The van der Waals surface area contributed by atoms with Crippen molar-refractivity contribution in [3.05, 3.63) is 0 Å². The standard InChI is InChI=1S/C7H14IN/c1-6(8)7-4-2-3-5-9-7/h6-7,9H,2-5H2,1H3/t6?,7-/m0/s1. The van der Waals surface area contributed by atoms with E-state index in [1.165, 1.54) is 25.8 Å². The Labute approximate surface area is 70.7 Å². The first-order valence-electron chi connectivity index (χ1n) is 3.68. The molecule has 1 aliphatic heterocycles. The number of rotatable bonds is 1. The lowest BCUT2D eigenvalue weighted by Gasteiger charge is -2.25. The van der Waals surface area contributed by atoms with Gasteiger partial charge in [-0.1, -0.05) is 35.9 Å². The molecular formula is C7H14IN. The zero-order valence-electron chi connectivity index (χ0n) is 5.86. The van der Waals surface area contributed by atoms with E-state index in [0.717, 1.165) is 9.97 Å². The molecule has 1 N–H and O–H groups in total. The van der Waals surface area contributed by atoms with Crippen molar-refractivity contribution in [3.8, 4) is 0 Å². The van der Waals surface area contributed by atoms with Gasteiger partial charge in [0.1, 0.15) is 0 Å². The normalized spacial score (nSPS) is 32.0. The van der Waals surface area contributed by atoms with Crippen LogP contribution in [0.3, 0.4) is 0 Å². The van der Waals surface area contributed by atoms with Crippen molar-refractivity contribution in [2.75, 3.05) is 6.54 Å². The monoisotopic (exact) mass is 239 g/mol. The number of halogens is 1. The molecule has 1 nitrogen and oxygen atoms in total. The Hall–Kier alpha value is 0.690. The fraction of sp³-hybridized carbons (Fsp3) is 1.00. The van der Waals surface area contributed by atoms with Gasteiger partial charge in [0.25, 0.3) is 0 Å². The minimum absolute atomic E-state index is 0.791. The average molecular weight is 239 g/mol. The van der Waals surface area contributed by atoms with Gasteiger partial charge >= 0.3 is 0 Å². The number of hydrogen-bond acceptors (Lipinski definition) is 1. The lowest BCUT2D eigenvalue weighted by molar-refractivity contribution is 0.405. The third-order valence-corrected chi connectivity index (χ3v) is 2.77. The Bertz CT molecular complexity index is 77.0. The number of alkyl halides is 1. The van der Waals surface area contributed by atoms with Crippen molar-refractivity contribution in [2.45, 2.75) is 36.2 Å². The van der Waals surface area contributed by atoms with Gasteiger partial charge in [0.15, 0.2) is 0 Å². The first-order chi connectivity index (χ1) is 4.30. The summed E-state index contributed by atoms with van der Waals surface area (Å²) in [7, 11) is 0. The summed E-state index contributed by atoms with van der Waals surface area (Å²) in [5, 5.41) is 3.51. The van der Waals surface area contributed by atoms with Gasteiger partial charge in [0.05, 0.1) is 0 Å². The molecule has 1 rings (SSSR count). The lowest BCUT2D eigenvalue weighted by Crippen LogP contribution is -2.39. The maximum absolute atomic E-state index is 3.51. The molecule has 0 aromatic heterocycles. The summed E-state index contributed by atoms with van der Waals surface area (Å²) in [6, 6.07) is 0.791. The van der Waals surface area contributed by atoms with E-state index >= 15 is 0 Å². The summed E-state index contributed by atoms with van der Waals surface area (Å²) in [4.78, 5) is 0. The van der Waals surface area contributed by atoms with Crippen LogP contribution < -0.4 is 5.32 Å². The Morgan fingerprint density at radius 3 is 2.67 bits per heavy atom. The molecule has 0 aromatic rings. The Morgan fingerprint density at radius 2 is 2.33 bits per heavy atom. The molecule has 0 amide bonds. The van der Waals surface area contributed by atoms with Crippen LogP contribution in [-0.4, -0.2) is 16.5 Å². The van der Waals surface area contributed by atoms with Crippen molar-refractivity contribution < 1.29 is 0 Å². The summed E-state index contributed by atoms with van der Waals surface area (Å²) in [5.41, 5.74) is 0. The van der Waals surface area contributed by atoms with Crippen molar-refractivity contribution in [2.24, 2.45) is 0 Å². The molecular weight excluding hydrogens is 225 g/mol. The second kappa shape index (κ2) is 3.76. The van der Waals surface area contributed by atoms with Gasteiger partial charge in [-0.3, -0.25) is 0 Å². The first-order valence-corrected chi connectivity index (χ1v) is 4.93. The van der Waals surface area contributed by atoms with Crippen molar-refractivity contribution in [3.63, 3.8) is 0 Å². The molecule has 1 saturated heterocycles. The van der Waals surface area contributed by atoms with E-state index < -0.39 is 0 Å². The summed E-state index contributed by atoms with van der Waals surface area (Å²) in [6.07, 6.45) is 4.18. The average Bonchev–Trinajstić information content (AvgIpc) is 1.90. The van der Waals surface area contributed by atoms with Crippen LogP contribution in [0, 0.1) is 0 Å². The fourth-order valence-electron chi connectivity index (χ4n) is 1.27. The molecule has 0 saturated carbocycles. The van der Waals surface area contributed by atoms with Crippen LogP contribution in [0.5, 0.6) is 0 Å². The quantitative estimate of drug-likeness (QED) is 0.544. The van der Waals surface area contributed by atoms with Gasteiger partial charge in [0, 0.05) is 9.97 Å². The Kier molecular flexibility index (Phi) is 3.26. The molecule has 1 fully saturated rings. The Morgan fingerprint density at radius 1 is 1.56 bits per heavy atom. The van der Waals surface area contributed by atoms with Crippen LogP contribution in [0.1, 0.15) is 26.2 Å². The van der Waals surface area contributed by atoms with E-state index in [9.17, 15) is 0 Å². The zero-order chi connectivity index (χ0) is 6.69. The smallest absolute Gasteiger partial charge is 0.0235 e. The molecule has 1 heterocycles. The lowest BCUT2D eigenvalue weighted by atomic mass is 10.0. The maximum atomic E-state index is 3.51. The van der Waals surface area contributed by atoms with E-state index in [-0.39, 0.29) is 0 Å². The maximum Gasteiger partial charge on any atom is 0.0235 e. The van der Waals surface area contributed by atoms with E-state index in [2.05, 4.69) is 34.8 Å². The number of piperidine rings is 1. The number of nitrogens with one attached hydrogen (secondary N) is 1. The predicted molar refractivity (Wildman–Crippen MR) is 49.1 cm³/mol. The molecule has 0 bridgehead atoms. The van der Waals surface area contributed by atoms with E-state index in [0.29, 0.717) is 0 Å². The molecule has 9 heavy (non-hydrogen) atoms. The van der Waals surface area contributed by atoms with E-state index in [1.54, 1.807) is 0 Å². The molecule has 2 heteroatoms. The Balaban J connectivity index is 2.23. The fourth-order valence-corrected chi connectivity index (χ4v) is 1.88. The molecule has 2 atom stereocenters. The summed E-state index contributed by atoms with van der Waals surface area (Å²) >= 11 is 2.50. The zero-order valence-corrected chi connectivity index (χ0v) is 8.02. The van der Waals surface area contributed by atoms with Crippen LogP contribution in [-0.2, 0) is 0 Å². The van der Waals surface area contributed by atoms with Crippen molar-refractivity contribution in [1.29, 1.82) is 0 Å². The van der Waals surface area contributed by atoms with Crippen LogP contribution in [0.4, 0.5) is 0 Å². The second-order valence-corrected chi connectivity index (χ2v) is 4.70. The number of hydrogen-bond donors (Lipinski definition) is 1. The highest BCUT2D eigenvalue weighted by Gasteiger charge is 2.15. The minimum Gasteiger partial charge on any atom is -0.313 e. The highest BCUT2D eigenvalue weighted by Crippen LogP contribution is 2.15. The van der Waals surface area contributed by atoms with Crippen LogP contribution >= 0.6 is 22.6 Å². The highest BCUT2D eigenvalue weighted by molar-refractivity contribution is 14.1. The van der Waals surface area contributed by atoms with Gasteiger partial charge in [-0.15, -0.1) is 0 Å². The van der Waals surface area contributed by atoms with Gasteiger partial charge in [0.2, 0.25) is 0 Å². The van der Waals surface area contributed by atoms with Crippen molar-refractivity contribution >= 4 is 22.6 Å². The van der Waals surface area contributed by atoms with E-state index in [4.69, 9.17) is 0 Å². The van der Waals surface area contributed by atoms with Gasteiger partial charge in [-0.2, -0.15) is 0 Å². The minimum atomic E-state index is 0.791. The molecule has 0 radical (unpaired) electrons. The largest absolute Gasteiger partial charge is 0.313 e. The van der Waals surface area contributed by atoms with Gasteiger partial charge in [-0.05, 0) is 19.4 Å². The third kappa shape index (κ3) is 2.42. The summed E-state index contributed by atoms with van der Waals surface area (Å²) in [6.45, 7) is 3.52. The highest BCUT2D eigenvalue weighted by atomic mass is 127. The first kappa shape index (κ1) is 7.79. The van der Waals surface area contributed by atoms with Crippen LogP contribution in [0.2, 0.25) is 0 Å². The molecule has 1 aliphatic rings. The predicted octanol–water partition coefficient (Wildman–Crippen LogP) is 1.95. The van der Waals surface area contributed by atoms with Crippen LogP contribution in [0.25, 0.3) is 0 Å². The van der Waals surface area contributed by atoms with E-state index in [1.807, 2.05) is 0 Å². The molecule has 0 aliphatic carbocycles. The van der Waals surface area contributed by atoms with Crippen LogP contribution in [0.15, 0.2) is 0 Å². The van der Waals surface area contributed by atoms with Gasteiger partial charge in [-0.25, -0.2) is 0 Å². The topological polar surface area (TPSA) is 12.0 Å².